The van der Waals surface area contributed by atoms with Crippen molar-refractivity contribution in [3.05, 3.63) is 34.3 Å². The molecule has 10 heteroatoms. The number of primary amides is 1. The maximum Gasteiger partial charge on any atom is 0.416 e. The lowest BCUT2D eigenvalue weighted by molar-refractivity contribution is -0.137. The third-order valence-electron chi connectivity index (χ3n) is 2.56. The van der Waals surface area contributed by atoms with E-state index in [1.54, 1.807) is 0 Å². The predicted molar refractivity (Wildman–Crippen MR) is 70.9 cm³/mol. The van der Waals surface area contributed by atoms with Gasteiger partial charge in [0.15, 0.2) is 0 Å². The van der Waals surface area contributed by atoms with Crippen LogP contribution in [0.15, 0.2) is 18.2 Å². The Labute approximate surface area is 124 Å². The average Bonchev–Trinajstić information content (AvgIpc) is 2.29. The minimum Gasteiger partial charge on any atom is -0.369 e. The Morgan fingerprint density at radius 3 is 2.43 bits per heavy atom. The molecule has 0 saturated carbocycles. The van der Waals surface area contributed by atoms with E-state index in [2.05, 4.69) is 0 Å². The highest BCUT2D eigenvalue weighted by Gasteiger charge is 2.31. The summed E-state index contributed by atoms with van der Waals surface area (Å²) in [6.07, 6.45) is -4.61. The van der Waals surface area contributed by atoms with Gasteiger partial charge in [0, 0.05) is 12.1 Å². The molecule has 0 aliphatic heterocycles. The number of rotatable bonds is 5. The van der Waals surface area contributed by atoms with Gasteiger partial charge in [0.05, 0.1) is 17.9 Å². The SMILES string of the molecule is CN(CC(N)=O)S(=O)(=O)Cc1cc(C(F)(F)F)ccc1Cl. The largest absolute Gasteiger partial charge is 0.416 e. The first-order chi connectivity index (χ1) is 9.43. The molecule has 0 saturated heterocycles. The quantitative estimate of drug-likeness (QED) is 0.881. The van der Waals surface area contributed by atoms with Crippen LogP contribution in [0.1, 0.15) is 11.1 Å². The number of likely N-dealkylation sites (N-methyl/N-ethyl adjacent to an activating group) is 1. The molecular weight excluding hydrogens is 333 g/mol. The fourth-order valence-electron chi connectivity index (χ4n) is 1.49. The monoisotopic (exact) mass is 344 g/mol. The van der Waals surface area contributed by atoms with Crippen LogP contribution in [0.25, 0.3) is 0 Å². The van der Waals surface area contributed by atoms with E-state index >= 15 is 0 Å². The number of sulfonamides is 1. The maximum atomic E-state index is 12.6. The van der Waals surface area contributed by atoms with Gasteiger partial charge in [0.1, 0.15) is 0 Å². The Kier molecular flexibility index (Phi) is 5.24. The molecule has 1 aromatic rings. The summed E-state index contributed by atoms with van der Waals surface area (Å²) in [6.45, 7) is -0.571. The van der Waals surface area contributed by atoms with Crippen molar-refractivity contribution >= 4 is 27.5 Å². The molecule has 21 heavy (non-hydrogen) atoms. The van der Waals surface area contributed by atoms with Crippen LogP contribution in [0.4, 0.5) is 13.2 Å². The summed E-state index contributed by atoms with van der Waals surface area (Å²) >= 11 is 5.72. The first kappa shape index (κ1) is 17.7. The molecule has 2 N–H and O–H groups in total. The van der Waals surface area contributed by atoms with Crippen LogP contribution in [-0.4, -0.2) is 32.2 Å². The van der Waals surface area contributed by atoms with Crippen molar-refractivity contribution in [1.82, 2.24) is 4.31 Å². The highest BCUT2D eigenvalue weighted by atomic mass is 35.5. The number of hydrogen-bond donors (Lipinski definition) is 1. The number of halogens is 4. The molecule has 0 aromatic heterocycles. The zero-order chi connectivity index (χ0) is 16.4. The van der Waals surface area contributed by atoms with Crippen LogP contribution in [0.3, 0.4) is 0 Å². The normalized spacial score (nSPS) is 12.7. The molecule has 0 heterocycles. The lowest BCUT2D eigenvalue weighted by Crippen LogP contribution is -2.36. The molecule has 1 aromatic carbocycles. The first-order valence-corrected chi connectivity index (χ1v) is 7.50. The summed E-state index contributed by atoms with van der Waals surface area (Å²) in [5.41, 5.74) is 3.66. The van der Waals surface area contributed by atoms with Gasteiger partial charge in [-0.05, 0) is 23.8 Å². The molecule has 0 aliphatic carbocycles. The molecule has 118 valence electrons. The summed E-state index contributed by atoms with van der Waals surface area (Å²) in [6, 6.07) is 2.40. The smallest absolute Gasteiger partial charge is 0.369 e. The van der Waals surface area contributed by atoms with Crippen LogP contribution < -0.4 is 5.73 Å². The highest BCUT2D eigenvalue weighted by Crippen LogP contribution is 2.32. The topological polar surface area (TPSA) is 80.5 Å². The van der Waals surface area contributed by atoms with Gasteiger partial charge >= 0.3 is 6.18 Å². The number of benzene rings is 1. The van der Waals surface area contributed by atoms with Crippen LogP contribution in [0, 0.1) is 0 Å². The lowest BCUT2D eigenvalue weighted by Gasteiger charge is -2.16. The van der Waals surface area contributed by atoms with Gasteiger partial charge in [-0.3, -0.25) is 4.79 Å². The average molecular weight is 345 g/mol. The molecular formula is C11H12ClF3N2O3S. The Hall–Kier alpha value is -1.32. The van der Waals surface area contributed by atoms with Crippen molar-refractivity contribution < 1.29 is 26.4 Å². The molecule has 0 unspecified atom stereocenters. The Morgan fingerprint density at radius 2 is 1.95 bits per heavy atom. The zero-order valence-electron chi connectivity index (χ0n) is 10.8. The number of alkyl halides is 3. The Morgan fingerprint density at radius 1 is 1.38 bits per heavy atom. The second kappa shape index (κ2) is 6.20. The highest BCUT2D eigenvalue weighted by molar-refractivity contribution is 7.88. The third-order valence-corrected chi connectivity index (χ3v) is 4.69. The van der Waals surface area contributed by atoms with Gasteiger partial charge in [-0.15, -0.1) is 0 Å². The van der Waals surface area contributed by atoms with Crippen LogP contribution in [0.5, 0.6) is 0 Å². The standard InChI is InChI=1S/C11H12ClF3N2O3S/c1-17(5-10(16)18)21(19,20)6-7-4-8(11(13,14)15)2-3-9(7)12/h2-4H,5-6H2,1H3,(H2,16,18). The van der Waals surface area contributed by atoms with Gasteiger partial charge in [0.2, 0.25) is 15.9 Å². The first-order valence-electron chi connectivity index (χ1n) is 5.51. The second-order valence-electron chi connectivity index (χ2n) is 4.28. The predicted octanol–water partition coefficient (Wildman–Crippen LogP) is 1.61. The van der Waals surface area contributed by atoms with Gasteiger partial charge in [-0.2, -0.15) is 17.5 Å². The van der Waals surface area contributed by atoms with E-state index in [9.17, 15) is 26.4 Å². The summed E-state index contributed by atoms with van der Waals surface area (Å²) in [5, 5.41) is -0.112. The van der Waals surface area contributed by atoms with Gasteiger partial charge in [-0.25, -0.2) is 8.42 Å². The molecule has 0 bridgehead atoms. The van der Waals surface area contributed by atoms with Gasteiger partial charge in [-0.1, -0.05) is 11.6 Å². The van der Waals surface area contributed by atoms with Gasteiger partial charge < -0.3 is 5.73 Å². The number of carbonyl (C=O) groups is 1. The van der Waals surface area contributed by atoms with Crippen molar-refractivity contribution in [3.8, 4) is 0 Å². The molecule has 0 fully saturated rings. The molecule has 1 rings (SSSR count). The minimum absolute atomic E-state index is 0.112. The van der Waals surface area contributed by atoms with E-state index in [1.807, 2.05) is 0 Å². The van der Waals surface area contributed by atoms with E-state index in [4.69, 9.17) is 17.3 Å². The van der Waals surface area contributed by atoms with E-state index in [0.717, 1.165) is 19.2 Å². The van der Waals surface area contributed by atoms with Crippen molar-refractivity contribution in [2.24, 2.45) is 5.73 Å². The summed E-state index contributed by atoms with van der Waals surface area (Å²) in [5.74, 6) is -1.64. The van der Waals surface area contributed by atoms with E-state index in [1.165, 1.54) is 0 Å². The van der Waals surface area contributed by atoms with Gasteiger partial charge in [0.25, 0.3) is 0 Å². The van der Waals surface area contributed by atoms with Crippen molar-refractivity contribution in [2.75, 3.05) is 13.6 Å². The molecule has 0 spiro atoms. The number of amides is 1. The molecule has 0 radical (unpaired) electrons. The van der Waals surface area contributed by atoms with Crippen molar-refractivity contribution in [1.29, 1.82) is 0 Å². The molecule has 5 nitrogen and oxygen atoms in total. The molecule has 0 aliphatic rings. The lowest BCUT2D eigenvalue weighted by atomic mass is 10.1. The van der Waals surface area contributed by atoms with E-state index < -0.39 is 40.0 Å². The second-order valence-corrected chi connectivity index (χ2v) is 6.77. The number of carbonyl (C=O) groups excluding carboxylic acids is 1. The summed E-state index contributed by atoms with van der Waals surface area (Å²) in [4.78, 5) is 10.7. The number of nitrogens with two attached hydrogens (primary N) is 1. The third kappa shape index (κ3) is 4.87. The number of hydrogen-bond acceptors (Lipinski definition) is 3. The van der Waals surface area contributed by atoms with E-state index in [-0.39, 0.29) is 10.6 Å². The summed E-state index contributed by atoms with van der Waals surface area (Å²) < 4.78 is 62.3. The fraction of sp³-hybridized carbons (Fsp3) is 0.364. The van der Waals surface area contributed by atoms with Crippen LogP contribution in [0.2, 0.25) is 5.02 Å². The van der Waals surface area contributed by atoms with E-state index in [0.29, 0.717) is 10.4 Å². The fourth-order valence-corrected chi connectivity index (χ4v) is 2.93. The minimum atomic E-state index is -4.61. The zero-order valence-corrected chi connectivity index (χ0v) is 12.4. The maximum absolute atomic E-state index is 12.6. The Bertz CT molecular complexity index is 647. The van der Waals surface area contributed by atoms with Crippen molar-refractivity contribution in [2.45, 2.75) is 11.9 Å². The number of nitrogens with zero attached hydrogens (tertiary/aromatic N) is 1. The van der Waals surface area contributed by atoms with Crippen LogP contribution >= 0.6 is 11.6 Å². The Balaban J connectivity index is 3.10. The molecule has 1 amide bonds. The summed E-state index contributed by atoms with van der Waals surface area (Å²) in [7, 11) is -2.91. The van der Waals surface area contributed by atoms with Crippen molar-refractivity contribution in [3.63, 3.8) is 0 Å². The van der Waals surface area contributed by atoms with Crippen LogP contribution in [-0.2, 0) is 26.7 Å². The molecule has 0 atom stereocenters.